The van der Waals surface area contributed by atoms with Gasteiger partial charge in [-0.05, 0) is 49.6 Å². The van der Waals surface area contributed by atoms with Crippen molar-refractivity contribution in [1.29, 1.82) is 0 Å². The highest BCUT2D eigenvalue weighted by Crippen LogP contribution is 2.31. The molecule has 0 spiro atoms. The van der Waals surface area contributed by atoms with Crippen LogP contribution in [0.5, 0.6) is 0 Å². The van der Waals surface area contributed by atoms with Gasteiger partial charge in [0, 0.05) is 18.3 Å². The number of carbonyl (C=O) groups is 1. The number of hydrogen-bond donors (Lipinski definition) is 2. The summed E-state index contributed by atoms with van der Waals surface area (Å²) in [4.78, 5) is 11.6. The zero-order chi connectivity index (χ0) is 17.2. The molecule has 0 aliphatic rings. The first kappa shape index (κ1) is 17.0. The van der Waals surface area contributed by atoms with Crippen LogP contribution >= 0.6 is 0 Å². The molecule has 2 aromatic rings. The van der Waals surface area contributed by atoms with Crippen molar-refractivity contribution in [2.75, 3.05) is 10.0 Å². The first-order valence-electron chi connectivity index (χ1n) is 7.18. The van der Waals surface area contributed by atoms with Crippen molar-refractivity contribution >= 4 is 27.3 Å². The Morgan fingerprint density at radius 2 is 1.61 bits per heavy atom. The second kappa shape index (κ2) is 6.42. The lowest BCUT2D eigenvalue weighted by atomic mass is 10.0. The molecule has 2 aromatic carbocycles. The molecule has 5 nitrogen and oxygen atoms in total. The Morgan fingerprint density at radius 1 is 1.00 bits per heavy atom. The van der Waals surface area contributed by atoms with Crippen LogP contribution in [0.3, 0.4) is 0 Å². The summed E-state index contributed by atoms with van der Waals surface area (Å²) >= 11 is 0. The van der Waals surface area contributed by atoms with Crippen LogP contribution in [-0.4, -0.2) is 14.3 Å². The van der Waals surface area contributed by atoms with Gasteiger partial charge in [0.05, 0.1) is 4.90 Å². The molecular formula is C17H20N2O3S. The molecular weight excluding hydrogens is 312 g/mol. The summed E-state index contributed by atoms with van der Waals surface area (Å²) in [5.41, 5.74) is 3.03. The first-order valence-corrected chi connectivity index (χ1v) is 8.67. The number of amides is 1. The molecule has 122 valence electrons. The Hall–Kier alpha value is -2.34. The summed E-state index contributed by atoms with van der Waals surface area (Å²) in [7, 11) is -3.75. The average Bonchev–Trinajstić information content (AvgIpc) is 2.43. The summed E-state index contributed by atoms with van der Waals surface area (Å²) in [5.74, 6) is -0.237. The molecule has 6 heteroatoms. The highest BCUT2D eigenvalue weighted by molar-refractivity contribution is 7.92. The summed E-state index contributed by atoms with van der Waals surface area (Å²) in [5, 5.41) is 2.71. The molecule has 0 saturated carbocycles. The molecule has 0 fully saturated rings. The molecule has 1 amide bonds. The monoisotopic (exact) mass is 332 g/mol. The van der Waals surface area contributed by atoms with Gasteiger partial charge in [0.25, 0.3) is 10.0 Å². The molecule has 0 aliphatic heterocycles. The van der Waals surface area contributed by atoms with E-state index >= 15 is 0 Å². The normalized spacial score (nSPS) is 11.1. The maximum atomic E-state index is 12.8. The Kier molecular flexibility index (Phi) is 4.75. The van der Waals surface area contributed by atoms with Crippen molar-refractivity contribution < 1.29 is 13.2 Å². The van der Waals surface area contributed by atoms with Gasteiger partial charge >= 0.3 is 0 Å². The standard InChI is InChI=1S/C17H20N2O3S/c1-11-10-12(2)17(13(3)16(11)18-14(4)20)23(21,22)19-15-8-6-5-7-9-15/h5-10,19H,1-4H3,(H,18,20). The Balaban J connectivity index is 2.55. The molecule has 0 atom stereocenters. The van der Waals surface area contributed by atoms with Crippen LogP contribution in [0.1, 0.15) is 23.6 Å². The minimum absolute atomic E-state index is 0.190. The van der Waals surface area contributed by atoms with Gasteiger partial charge < -0.3 is 5.32 Å². The van der Waals surface area contributed by atoms with Crippen molar-refractivity contribution in [1.82, 2.24) is 0 Å². The fraction of sp³-hybridized carbons (Fsp3) is 0.235. The van der Waals surface area contributed by atoms with E-state index in [-0.39, 0.29) is 10.8 Å². The quantitative estimate of drug-likeness (QED) is 0.901. The number of benzene rings is 2. The lowest BCUT2D eigenvalue weighted by Gasteiger charge is -2.18. The number of carbonyl (C=O) groups excluding carboxylic acids is 1. The van der Waals surface area contributed by atoms with Crippen LogP contribution in [0, 0.1) is 20.8 Å². The van der Waals surface area contributed by atoms with Gasteiger partial charge in [-0.15, -0.1) is 0 Å². The molecule has 0 aromatic heterocycles. The van der Waals surface area contributed by atoms with E-state index in [2.05, 4.69) is 10.0 Å². The highest BCUT2D eigenvalue weighted by Gasteiger charge is 2.23. The van der Waals surface area contributed by atoms with Crippen LogP contribution < -0.4 is 10.0 Å². The average molecular weight is 332 g/mol. The van der Waals surface area contributed by atoms with Crippen LogP contribution in [0.4, 0.5) is 11.4 Å². The Morgan fingerprint density at radius 3 is 2.17 bits per heavy atom. The number of aryl methyl sites for hydroxylation is 2. The van der Waals surface area contributed by atoms with Crippen molar-refractivity contribution in [3.63, 3.8) is 0 Å². The maximum Gasteiger partial charge on any atom is 0.262 e. The summed E-state index contributed by atoms with van der Waals surface area (Å²) in [6, 6.07) is 10.5. The number of anilines is 2. The van der Waals surface area contributed by atoms with Crippen LogP contribution in [0.15, 0.2) is 41.3 Å². The van der Waals surface area contributed by atoms with E-state index in [0.29, 0.717) is 22.5 Å². The van der Waals surface area contributed by atoms with Crippen LogP contribution in [0.25, 0.3) is 0 Å². The summed E-state index contributed by atoms with van der Waals surface area (Å²) in [6.07, 6.45) is 0. The predicted molar refractivity (Wildman–Crippen MR) is 92.2 cm³/mol. The Labute approximate surface area is 136 Å². The molecule has 0 aliphatic carbocycles. The van der Waals surface area contributed by atoms with Crippen molar-refractivity contribution in [2.24, 2.45) is 0 Å². The number of rotatable bonds is 4. The van der Waals surface area contributed by atoms with Gasteiger partial charge in [0.2, 0.25) is 5.91 Å². The summed E-state index contributed by atoms with van der Waals surface area (Å²) in [6.45, 7) is 6.68. The first-order chi connectivity index (χ1) is 10.7. The van der Waals surface area contributed by atoms with Gasteiger partial charge in [-0.3, -0.25) is 9.52 Å². The van der Waals surface area contributed by atoms with E-state index in [9.17, 15) is 13.2 Å². The minimum atomic E-state index is -3.75. The van der Waals surface area contributed by atoms with Crippen molar-refractivity contribution in [3.8, 4) is 0 Å². The number of hydrogen-bond acceptors (Lipinski definition) is 3. The smallest absolute Gasteiger partial charge is 0.262 e. The van der Waals surface area contributed by atoms with Crippen molar-refractivity contribution in [3.05, 3.63) is 53.1 Å². The molecule has 0 radical (unpaired) electrons. The van der Waals surface area contributed by atoms with E-state index in [1.165, 1.54) is 6.92 Å². The molecule has 0 bridgehead atoms. The van der Waals surface area contributed by atoms with Crippen molar-refractivity contribution in [2.45, 2.75) is 32.6 Å². The number of sulfonamides is 1. The molecule has 0 saturated heterocycles. The minimum Gasteiger partial charge on any atom is -0.326 e. The van der Waals surface area contributed by atoms with Gasteiger partial charge in [-0.2, -0.15) is 0 Å². The van der Waals surface area contributed by atoms with Gasteiger partial charge in [0.15, 0.2) is 0 Å². The van der Waals surface area contributed by atoms with Crippen LogP contribution in [-0.2, 0) is 14.8 Å². The van der Waals surface area contributed by atoms with Crippen LogP contribution in [0.2, 0.25) is 0 Å². The zero-order valence-corrected chi connectivity index (χ0v) is 14.4. The third-order valence-corrected chi connectivity index (χ3v) is 5.17. The van der Waals surface area contributed by atoms with E-state index in [4.69, 9.17) is 0 Å². The fourth-order valence-corrected chi connectivity index (χ4v) is 4.20. The van der Waals surface area contributed by atoms with Gasteiger partial charge in [-0.25, -0.2) is 8.42 Å². The van der Waals surface area contributed by atoms with E-state index in [0.717, 1.165) is 5.56 Å². The number of nitrogens with one attached hydrogen (secondary N) is 2. The zero-order valence-electron chi connectivity index (χ0n) is 13.6. The molecule has 0 unspecified atom stereocenters. The molecule has 0 heterocycles. The molecule has 2 rings (SSSR count). The van der Waals surface area contributed by atoms with Gasteiger partial charge in [0.1, 0.15) is 0 Å². The second-order valence-corrected chi connectivity index (χ2v) is 7.11. The number of para-hydroxylation sites is 1. The summed E-state index contributed by atoms with van der Waals surface area (Å²) < 4.78 is 28.1. The second-order valence-electron chi connectivity index (χ2n) is 5.49. The largest absolute Gasteiger partial charge is 0.326 e. The SMILES string of the molecule is CC(=O)Nc1c(C)cc(C)c(S(=O)(=O)Nc2ccccc2)c1C. The van der Waals surface area contributed by atoms with E-state index in [1.807, 2.05) is 13.0 Å². The molecule has 23 heavy (non-hydrogen) atoms. The Bertz CT molecular complexity index is 844. The van der Waals surface area contributed by atoms with E-state index < -0.39 is 10.0 Å². The third kappa shape index (κ3) is 3.71. The predicted octanol–water partition coefficient (Wildman–Crippen LogP) is 3.37. The maximum absolute atomic E-state index is 12.8. The third-order valence-electron chi connectivity index (χ3n) is 3.50. The lowest BCUT2D eigenvalue weighted by Crippen LogP contribution is -2.18. The lowest BCUT2D eigenvalue weighted by molar-refractivity contribution is -0.114. The van der Waals surface area contributed by atoms with Gasteiger partial charge in [-0.1, -0.05) is 24.3 Å². The van der Waals surface area contributed by atoms with E-state index in [1.54, 1.807) is 44.2 Å². The fourth-order valence-electron chi connectivity index (χ4n) is 2.66. The molecule has 2 N–H and O–H groups in total. The highest BCUT2D eigenvalue weighted by atomic mass is 32.2. The topological polar surface area (TPSA) is 75.3 Å².